The molecule has 1 aromatic rings. The van der Waals surface area contributed by atoms with Crippen LogP contribution in [0.5, 0.6) is 0 Å². The minimum Gasteiger partial charge on any atom is -0.411 e. The van der Waals surface area contributed by atoms with Crippen molar-refractivity contribution in [1.29, 1.82) is 0 Å². The first-order valence-electron chi connectivity index (χ1n) is 6.99. The Morgan fingerprint density at radius 2 is 2.26 bits per heavy atom. The van der Waals surface area contributed by atoms with Gasteiger partial charge in [-0.3, -0.25) is 0 Å². The summed E-state index contributed by atoms with van der Waals surface area (Å²) in [6, 6.07) is 0. The number of hydrogen-bond donors (Lipinski definition) is 1. The van der Waals surface area contributed by atoms with E-state index >= 15 is 0 Å². The molecule has 19 heavy (non-hydrogen) atoms. The van der Waals surface area contributed by atoms with Crippen LogP contribution in [0.15, 0.2) is 9.68 Å². The van der Waals surface area contributed by atoms with E-state index in [1.165, 1.54) is 0 Å². The predicted octanol–water partition coefficient (Wildman–Crippen LogP) is 3.51. The lowest BCUT2D eigenvalue weighted by atomic mass is 9.83. The number of aryl methyl sites for hydroxylation is 1. The van der Waals surface area contributed by atoms with Gasteiger partial charge in [0.2, 0.25) is 0 Å². The molecule has 0 aliphatic heterocycles. The molecule has 2 atom stereocenters. The van der Waals surface area contributed by atoms with E-state index in [0.717, 1.165) is 54.2 Å². The summed E-state index contributed by atoms with van der Waals surface area (Å²) in [6.07, 6.45) is 3.67. The third kappa shape index (κ3) is 3.14. The van der Waals surface area contributed by atoms with Crippen molar-refractivity contribution in [2.24, 2.45) is 11.1 Å². The van der Waals surface area contributed by atoms with Crippen LogP contribution in [-0.2, 0) is 12.8 Å². The molecule has 2 rings (SSSR count). The van der Waals surface area contributed by atoms with Gasteiger partial charge in [-0.25, -0.2) is 0 Å². The van der Waals surface area contributed by atoms with Gasteiger partial charge in [-0.2, -0.15) is 11.8 Å². The maximum Gasteiger partial charge on any atom is 0.146 e. The molecule has 5 heteroatoms. The highest BCUT2D eigenvalue weighted by atomic mass is 32.2. The van der Waals surface area contributed by atoms with E-state index in [4.69, 9.17) is 4.52 Å². The largest absolute Gasteiger partial charge is 0.411 e. The van der Waals surface area contributed by atoms with E-state index in [0.29, 0.717) is 11.2 Å². The Labute approximate surface area is 118 Å². The Bertz CT molecular complexity index is 456. The van der Waals surface area contributed by atoms with Gasteiger partial charge in [0, 0.05) is 11.7 Å². The van der Waals surface area contributed by atoms with E-state index in [9.17, 15) is 5.21 Å². The van der Waals surface area contributed by atoms with Crippen LogP contribution in [0.3, 0.4) is 0 Å². The Balaban J connectivity index is 2.14. The second-order valence-electron chi connectivity index (χ2n) is 5.10. The van der Waals surface area contributed by atoms with E-state index in [1.807, 2.05) is 18.7 Å². The summed E-state index contributed by atoms with van der Waals surface area (Å²) in [7, 11) is 0. The topological polar surface area (TPSA) is 58.6 Å². The maximum atomic E-state index is 9.24. The Morgan fingerprint density at radius 3 is 2.89 bits per heavy atom. The highest BCUT2D eigenvalue weighted by Crippen LogP contribution is 2.33. The Kier molecular flexibility index (Phi) is 4.91. The van der Waals surface area contributed by atoms with Crippen molar-refractivity contribution in [2.45, 2.75) is 51.7 Å². The van der Waals surface area contributed by atoms with Crippen molar-refractivity contribution in [1.82, 2.24) is 5.16 Å². The molecule has 0 amide bonds. The summed E-state index contributed by atoms with van der Waals surface area (Å²) in [5.41, 5.74) is 2.62. The zero-order chi connectivity index (χ0) is 13.8. The van der Waals surface area contributed by atoms with Crippen LogP contribution in [0.2, 0.25) is 0 Å². The van der Waals surface area contributed by atoms with Gasteiger partial charge in [-0.15, -0.1) is 0 Å². The molecule has 1 heterocycles. The molecule has 0 unspecified atom stereocenters. The normalized spacial score (nSPS) is 22.5. The number of rotatable bonds is 5. The van der Waals surface area contributed by atoms with Crippen molar-refractivity contribution in [3.05, 3.63) is 17.0 Å². The van der Waals surface area contributed by atoms with Gasteiger partial charge >= 0.3 is 0 Å². The Morgan fingerprint density at radius 1 is 1.47 bits per heavy atom. The van der Waals surface area contributed by atoms with E-state index < -0.39 is 0 Å². The molecule has 106 valence electrons. The standard InChI is InChI=1S/C14H22N2O2S/c1-4-11-14-12(15-17)7-10(6-9(3)19-5-2)8-13(14)18-16-11/h9-10,17H,4-8H2,1-3H3/b15-12-/t9-,10-/m0/s1. The molecular formula is C14H22N2O2S. The van der Waals surface area contributed by atoms with E-state index in [-0.39, 0.29) is 0 Å². The summed E-state index contributed by atoms with van der Waals surface area (Å²) in [5, 5.41) is 17.4. The molecule has 0 spiro atoms. The minimum absolute atomic E-state index is 0.491. The number of nitrogens with zero attached hydrogens (tertiary/aromatic N) is 2. The highest BCUT2D eigenvalue weighted by molar-refractivity contribution is 7.99. The van der Waals surface area contributed by atoms with Crippen LogP contribution < -0.4 is 0 Å². The van der Waals surface area contributed by atoms with Gasteiger partial charge in [-0.05, 0) is 30.9 Å². The monoisotopic (exact) mass is 282 g/mol. The molecule has 4 nitrogen and oxygen atoms in total. The van der Waals surface area contributed by atoms with Crippen LogP contribution in [0.1, 0.15) is 50.6 Å². The lowest BCUT2D eigenvalue weighted by Crippen LogP contribution is -2.23. The fourth-order valence-corrected chi connectivity index (χ4v) is 3.84. The van der Waals surface area contributed by atoms with Crippen LogP contribution in [-0.4, -0.2) is 27.1 Å². The summed E-state index contributed by atoms with van der Waals surface area (Å²) in [5.74, 6) is 2.53. The molecule has 0 bridgehead atoms. The van der Waals surface area contributed by atoms with Gasteiger partial charge < -0.3 is 9.73 Å². The first-order chi connectivity index (χ1) is 9.19. The number of oxime groups is 1. The maximum absolute atomic E-state index is 9.24. The van der Waals surface area contributed by atoms with Gasteiger partial charge in [0.05, 0.1) is 17.0 Å². The molecule has 0 saturated heterocycles. The third-order valence-corrected chi connectivity index (χ3v) is 4.74. The third-order valence-electron chi connectivity index (χ3n) is 3.65. The molecule has 1 aliphatic rings. The SMILES string of the molecule is CCS[C@@H](C)C[C@H]1C/C(=N/O)c2c(CC)noc2C1. The number of fused-ring (bicyclic) bond motifs is 1. The minimum atomic E-state index is 0.491. The van der Waals surface area contributed by atoms with E-state index in [2.05, 4.69) is 24.2 Å². The number of hydrogen-bond acceptors (Lipinski definition) is 5. The first-order valence-corrected chi connectivity index (χ1v) is 8.04. The molecule has 0 saturated carbocycles. The lowest BCUT2D eigenvalue weighted by molar-refractivity contribution is 0.310. The smallest absolute Gasteiger partial charge is 0.146 e. The van der Waals surface area contributed by atoms with Crippen molar-refractivity contribution in [3.8, 4) is 0 Å². The van der Waals surface area contributed by atoms with Crippen LogP contribution in [0.4, 0.5) is 0 Å². The van der Waals surface area contributed by atoms with Gasteiger partial charge in [0.25, 0.3) is 0 Å². The summed E-state index contributed by atoms with van der Waals surface area (Å²) >= 11 is 1.98. The van der Waals surface area contributed by atoms with Crippen molar-refractivity contribution >= 4 is 17.5 Å². The predicted molar refractivity (Wildman–Crippen MR) is 78.2 cm³/mol. The second-order valence-corrected chi connectivity index (χ2v) is 6.82. The Hall–Kier alpha value is -0.970. The van der Waals surface area contributed by atoms with Gasteiger partial charge in [0.1, 0.15) is 5.76 Å². The molecule has 1 aliphatic carbocycles. The van der Waals surface area contributed by atoms with E-state index in [1.54, 1.807) is 0 Å². The van der Waals surface area contributed by atoms with Gasteiger partial charge in [0.15, 0.2) is 0 Å². The zero-order valence-corrected chi connectivity index (χ0v) is 12.7. The van der Waals surface area contributed by atoms with Crippen LogP contribution >= 0.6 is 11.8 Å². The lowest BCUT2D eigenvalue weighted by Gasteiger charge is -2.24. The molecule has 1 aromatic heterocycles. The highest BCUT2D eigenvalue weighted by Gasteiger charge is 2.31. The fourth-order valence-electron chi connectivity index (χ4n) is 2.86. The molecule has 1 N–H and O–H groups in total. The second kappa shape index (κ2) is 6.46. The number of thioether (sulfide) groups is 1. The summed E-state index contributed by atoms with van der Waals surface area (Å²) in [6.45, 7) is 6.49. The number of aromatic nitrogens is 1. The molecule has 0 radical (unpaired) electrons. The van der Waals surface area contributed by atoms with Crippen molar-refractivity contribution in [2.75, 3.05) is 5.75 Å². The average Bonchev–Trinajstić information content (AvgIpc) is 2.81. The van der Waals surface area contributed by atoms with Crippen molar-refractivity contribution in [3.63, 3.8) is 0 Å². The molecule has 0 aromatic carbocycles. The van der Waals surface area contributed by atoms with Gasteiger partial charge in [-0.1, -0.05) is 31.1 Å². The fraction of sp³-hybridized carbons (Fsp3) is 0.714. The quantitative estimate of drug-likeness (QED) is 0.663. The average molecular weight is 282 g/mol. The summed E-state index contributed by atoms with van der Waals surface area (Å²) < 4.78 is 5.43. The van der Waals surface area contributed by atoms with Crippen molar-refractivity contribution < 1.29 is 9.73 Å². The molecular weight excluding hydrogens is 260 g/mol. The zero-order valence-electron chi connectivity index (χ0n) is 11.8. The molecule has 0 fully saturated rings. The van der Waals surface area contributed by atoms with Crippen LogP contribution in [0.25, 0.3) is 0 Å². The summed E-state index contributed by atoms with van der Waals surface area (Å²) in [4.78, 5) is 0. The first kappa shape index (κ1) is 14.4. The van der Waals surface area contributed by atoms with Crippen LogP contribution in [0, 0.1) is 5.92 Å².